The lowest BCUT2D eigenvalue weighted by atomic mass is 9.78. The summed E-state index contributed by atoms with van der Waals surface area (Å²) in [5, 5.41) is 14.0. The van der Waals surface area contributed by atoms with Gasteiger partial charge in [0.2, 0.25) is 5.91 Å². The number of nitriles is 1. The van der Waals surface area contributed by atoms with Crippen molar-refractivity contribution in [3.05, 3.63) is 35.0 Å². The second kappa shape index (κ2) is 10.0. The van der Waals surface area contributed by atoms with E-state index in [0.29, 0.717) is 35.6 Å². The van der Waals surface area contributed by atoms with Crippen molar-refractivity contribution in [3.8, 4) is 6.07 Å². The van der Waals surface area contributed by atoms with Gasteiger partial charge in [0.25, 0.3) is 5.91 Å². The fourth-order valence-electron chi connectivity index (χ4n) is 6.40. The van der Waals surface area contributed by atoms with Gasteiger partial charge in [-0.05, 0) is 56.1 Å². The first-order chi connectivity index (χ1) is 17.0. The fraction of sp³-hybridized carbons (Fsp3) is 0.556. The summed E-state index contributed by atoms with van der Waals surface area (Å²) in [6, 6.07) is 8.13. The summed E-state index contributed by atoms with van der Waals surface area (Å²) in [6.45, 7) is 0.531. The average molecular weight is 495 g/mol. The van der Waals surface area contributed by atoms with Crippen molar-refractivity contribution in [3.63, 3.8) is 0 Å². The van der Waals surface area contributed by atoms with Crippen LogP contribution in [0.2, 0.25) is 5.02 Å². The number of aromatic amines is 1. The standard InChI is InChI=1S/C27H31ClN4O3/c28-21-10-5-8-17-13-22(31-24(17)21)27(35)32-15-18-7-1-3-9-20(18)25(32)26(34)30-19(14-29)12-16-6-2-4-11-23(16)33/h5,8,10,13,16,18-20,25,31H,1-4,6-7,9,11-12,15H2,(H,30,34). The SMILES string of the molecule is N#CC(CC1CCCCC1=O)NC(=O)C1C2CCCCC2CN1C(=O)c1cc2cccc(Cl)c2[nH]1. The van der Waals surface area contributed by atoms with Crippen molar-refractivity contribution in [2.24, 2.45) is 17.8 Å². The predicted octanol–water partition coefficient (Wildman–Crippen LogP) is 4.61. The Labute approximate surface area is 210 Å². The second-order valence-corrected chi connectivity index (χ2v) is 10.7. The molecule has 1 saturated heterocycles. The number of aromatic nitrogens is 1. The highest BCUT2D eigenvalue weighted by molar-refractivity contribution is 6.35. The Bertz CT molecular complexity index is 1180. The first kappa shape index (κ1) is 23.9. The zero-order chi connectivity index (χ0) is 24.5. The number of Topliss-reactive ketones (excluding diaryl/α,β-unsaturated/α-hetero) is 1. The fourth-order valence-corrected chi connectivity index (χ4v) is 6.63. The van der Waals surface area contributed by atoms with Crippen LogP contribution in [0.3, 0.4) is 0 Å². The minimum Gasteiger partial charge on any atom is -0.349 e. The van der Waals surface area contributed by atoms with Crippen molar-refractivity contribution in [1.29, 1.82) is 5.26 Å². The number of nitrogens with one attached hydrogen (secondary N) is 2. The molecule has 1 aliphatic heterocycles. The quantitative estimate of drug-likeness (QED) is 0.633. The summed E-state index contributed by atoms with van der Waals surface area (Å²) in [6.07, 6.45) is 7.58. The molecule has 2 aromatic rings. The van der Waals surface area contributed by atoms with Gasteiger partial charge in [0, 0.05) is 24.3 Å². The lowest BCUT2D eigenvalue weighted by Crippen LogP contribution is -2.51. The summed E-state index contributed by atoms with van der Waals surface area (Å²) in [5.74, 6) is -0.130. The number of fused-ring (bicyclic) bond motifs is 2. The largest absolute Gasteiger partial charge is 0.349 e. The van der Waals surface area contributed by atoms with Gasteiger partial charge in [0.05, 0.1) is 16.6 Å². The smallest absolute Gasteiger partial charge is 0.271 e. The Morgan fingerprint density at radius 2 is 2.00 bits per heavy atom. The van der Waals surface area contributed by atoms with E-state index in [1.165, 1.54) is 0 Å². The van der Waals surface area contributed by atoms with E-state index in [0.717, 1.165) is 50.3 Å². The molecule has 0 bridgehead atoms. The van der Waals surface area contributed by atoms with Crippen molar-refractivity contribution in [1.82, 2.24) is 15.2 Å². The molecule has 5 atom stereocenters. The van der Waals surface area contributed by atoms with Gasteiger partial charge in [-0.15, -0.1) is 0 Å². The number of hydrogen-bond acceptors (Lipinski definition) is 4. The Balaban J connectivity index is 1.37. The molecule has 5 rings (SSSR count). The highest BCUT2D eigenvalue weighted by Crippen LogP contribution is 2.41. The summed E-state index contributed by atoms with van der Waals surface area (Å²) in [4.78, 5) is 44.4. The van der Waals surface area contributed by atoms with Crippen LogP contribution in [0.25, 0.3) is 10.9 Å². The van der Waals surface area contributed by atoms with Crippen LogP contribution in [0.5, 0.6) is 0 Å². The third-order valence-corrected chi connectivity index (χ3v) is 8.49. The topological polar surface area (TPSA) is 106 Å². The molecule has 2 heterocycles. The molecule has 2 N–H and O–H groups in total. The summed E-state index contributed by atoms with van der Waals surface area (Å²) in [5.41, 5.74) is 1.12. The molecule has 2 saturated carbocycles. The number of carbonyl (C=O) groups is 3. The van der Waals surface area contributed by atoms with Gasteiger partial charge < -0.3 is 15.2 Å². The van der Waals surface area contributed by atoms with E-state index in [9.17, 15) is 19.6 Å². The lowest BCUT2D eigenvalue weighted by Gasteiger charge is -2.30. The molecule has 3 fully saturated rings. The molecule has 184 valence electrons. The number of hydrogen-bond donors (Lipinski definition) is 2. The van der Waals surface area contributed by atoms with Crippen LogP contribution < -0.4 is 5.32 Å². The normalized spacial score (nSPS) is 27.3. The number of rotatable bonds is 5. The minimum atomic E-state index is -0.735. The van der Waals surface area contributed by atoms with Crippen molar-refractivity contribution in [2.75, 3.05) is 6.54 Å². The molecule has 7 nitrogen and oxygen atoms in total. The maximum absolute atomic E-state index is 13.7. The molecule has 2 amide bonds. The van der Waals surface area contributed by atoms with Gasteiger partial charge in [-0.2, -0.15) is 5.26 Å². The van der Waals surface area contributed by atoms with E-state index in [1.54, 1.807) is 17.0 Å². The van der Waals surface area contributed by atoms with Gasteiger partial charge in [-0.25, -0.2) is 0 Å². The van der Waals surface area contributed by atoms with E-state index in [2.05, 4.69) is 16.4 Å². The second-order valence-electron chi connectivity index (χ2n) is 10.3. The van der Waals surface area contributed by atoms with Gasteiger partial charge in [0.15, 0.2) is 0 Å². The zero-order valence-corrected chi connectivity index (χ0v) is 20.5. The maximum atomic E-state index is 13.7. The molecular weight excluding hydrogens is 464 g/mol. The van der Waals surface area contributed by atoms with Gasteiger partial charge in [0.1, 0.15) is 23.6 Å². The van der Waals surface area contributed by atoms with E-state index < -0.39 is 12.1 Å². The Morgan fingerprint density at radius 1 is 1.20 bits per heavy atom. The van der Waals surface area contributed by atoms with Crippen molar-refractivity contribution < 1.29 is 14.4 Å². The molecule has 0 spiro atoms. The van der Waals surface area contributed by atoms with E-state index in [-0.39, 0.29) is 35.4 Å². The van der Waals surface area contributed by atoms with Gasteiger partial charge in [-0.3, -0.25) is 14.4 Å². The average Bonchev–Trinajstić information content (AvgIpc) is 3.47. The van der Waals surface area contributed by atoms with Gasteiger partial charge in [-0.1, -0.05) is 43.0 Å². The Kier molecular flexibility index (Phi) is 6.84. The van der Waals surface area contributed by atoms with Crippen molar-refractivity contribution >= 4 is 40.1 Å². The highest BCUT2D eigenvalue weighted by Gasteiger charge is 2.49. The van der Waals surface area contributed by atoms with Crippen LogP contribution >= 0.6 is 11.6 Å². The zero-order valence-electron chi connectivity index (χ0n) is 19.8. The number of benzene rings is 1. The first-order valence-corrected chi connectivity index (χ1v) is 13.1. The number of H-pyrrole nitrogens is 1. The van der Waals surface area contributed by atoms with Gasteiger partial charge >= 0.3 is 0 Å². The number of ketones is 1. The molecule has 5 unspecified atom stereocenters. The third kappa shape index (κ3) is 4.69. The lowest BCUT2D eigenvalue weighted by molar-refractivity contribution is -0.128. The number of nitrogens with zero attached hydrogens (tertiary/aromatic N) is 2. The third-order valence-electron chi connectivity index (χ3n) is 8.18. The molecule has 1 aromatic heterocycles. The van der Waals surface area contributed by atoms with E-state index >= 15 is 0 Å². The van der Waals surface area contributed by atoms with Crippen LogP contribution in [0.15, 0.2) is 24.3 Å². The van der Waals surface area contributed by atoms with E-state index in [4.69, 9.17) is 11.6 Å². The molecule has 35 heavy (non-hydrogen) atoms. The summed E-state index contributed by atoms with van der Waals surface area (Å²) >= 11 is 6.30. The monoisotopic (exact) mass is 494 g/mol. The van der Waals surface area contributed by atoms with Crippen LogP contribution in [0.4, 0.5) is 0 Å². The highest BCUT2D eigenvalue weighted by atomic mass is 35.5. The van der Waals surface area contributed by atoms with Crippen LogP contribution in [-0.4, -0.2) is 46.1 Å². The van der Waals surface area contributed by atoms with E-state index in [1.807, 2.05) is 12.1 Å². The molecule has 8 heteroatoms. The molecule has 2 aliphatic carbocycles. The number of carbonyl (C=O) groups excluding carboxylic acids is 3. The van der Waals surface area contributed by atoms with Crippen molar-refractivity contribution in [2.45, 2.75) is 69.9 Å². The predicted molar refractivity (Wildman–Crippen MR) is 133 cm³/mol. The Hall–Kier alpha value is -2.85. The van der Waals surface area contributed by atoms with Crippen LogP contribution in [0, 0.1) is 29.1 Å². The number of para-hydroxylation sites is 1. The Morgan fingerprint density at radius 3 is 2.77 bits per heavy atom. The summed E-state index contributed by atoms with van der Waals surface area (Å²) < 4.78 is 0. The molecular formula is C27H31ClN4O3. The van der Waals surface area contributed by atoms with Crippen LogP contribution in [0.1, 0.15) is 68.3 Å². The molecule has 3 aliphatic rings. The summed E-state index contributed by atoms with van der Waals surface area (Å²) in [7, 11) is 0. The first-order valence-electron chi connectivity index (χ1n) is 12.8. The molecule has 1 aromatic carbocycles. The van der Waals surface area contributed by atoms with Crippen LogP contribution in [-0.2, 0) is 9.59 Å². The number of amides is 2. The minimum absolute atomic E-state index is 0.0799. The molecule has 0 radical (unpaired) electrons. The maximum Gasteiger partial charge on any atom is 0.271 e. The number of halogens is 1. The number of likely N-dealkylation sites (tertiary alicyclic amines) is 1.